The minimum atomic E-state index is -0.488. The Morgan fingerprint density at radius 3 is 2.50 bits per heavy atom. The van der Waals surface area contributed by atoms with Crippen LogP contribution in [0.5, 0.6) is 5.88 Å². The summed E-state index contributed by atoms with van der Waals surface area (Å²) in [6.07, 6.45) is 0. The summed E-state index contributed by atoms with van der Waals surface area (Å²) in [7, 11) is 0. The van der Waals surface area contributed by atoms with Crippen LogP contribution in [0.2, 0.25) is 10.0 Å². The minimum absolute atomic E-state index is 0.0410. The number of halogens is 2. The van der Waals surface area contributed by atoms with E-state index in [0.717, 1.165) is 28.1 Å². The molecular formula is C21H16Cl2N4O. The second-order valence-electron chi connectivity index (χ2n) is 6.64. The lowest BCUT2D eigenvalue weighted by Crippen LogP contribution is -2.22. The maximum Gasteiger partial charge on any atom is 0.229 e. The molecule has 3 aromatic rings. The lowest BCUT2D eigenvalue weighted by molar-refractivity contribution is 0.367. The second kappa shape index (κ2) is 6.90. The highest BCUT2D eigenvalue weighted by atomic mass is 35.5. The molecule has 1 atom stereocenters. The van der Waals surface area contributed by atoms with Crippen molar-refractivity contribution in [3.63, 3.8) is 0 Å². The van der Waals surface area contributed by atoms with E-state index >= 15 is 0 Å². The molecule has 28 heavy (non-hydrogen) atoms. The quantitative estimate of drug-likeness (QED) is 0.643. The van der Waals surface area contributed by atoms with Crippen molar-refractivity contribution in [2.45, 2.75) is 19.8 Å². The highest BCUT2D eigenvalue weighted by Crippen LogP contribution is 2.46. The van der Waals surface area contributed by atoms with Crippen molar-refractivity contribution < 1.29 is 4.74 Å². The molecule has 2 aromatic carbocycles. The van der Waals surface area contributed by atoms with E-state index in [2.05, 4.69) is 11.2 Å². The van der Waals surface area contributed by atoms with Gasteiger partial charge in [-0.15, -0.1) is 0 Å². The Balaban J connectivity index is 1.96. The molecule has 0 aliphatic carbocycles. The van der Waals surface area contributed by atoms with Crippen LogP contribution in [0.4, 0.5) is 0 Å². The standard InChI is InChI=1S/C21H16Cl2N4O/c1-11-3-6-14(7-4-11)27-21-18(12(2)26-27)19(16(10-24)20(25)28-21)15-8-5-13(22)9-17(15)23/h3-9,19H,25H2,1-2H3/t19-/m0/s1. The molecule has 0 spiro atoms. The first-order valence-electron chi connectivity index (χ1n) is 8.59. The Morgan fingerprint density at radius 2 is 1.86 bits per heavy atom. The summed E-state index contributed by atoms with van der Waals surface area (Å²) >= 11 is 12.5. The molecule has 2 N–H and O–H groups in total. The zero-order valence-electron chi connectivity index (χ0n) is 15.2. The summed E-state index contributed by atoms with van der Waals surface area (Å²) in [5.74, 6) is 0.0332. The van der Waals surface area contributed by atoms with Gasteiger partial charge in [0.15, 0.2) is 0 Å². The molecule has 1 aliphatic rings. The molecule has 0 amide bonds. The lowest BCUT2D eigenvalue weighted by Gasteiger charge is -2.25. The van der Waals surface area contributed by atoms with Gasteiger partial charge in [-0.2, -0.15) is 10.4 Å². The number of nitrogens with two attached hydrogens (primary N) is 1. The maximum atomic E-state index is 9.75. The van der Waals surface area contributed by atoms with Gasteiger partial charge in [0, 0.05) is 10.0 Å². The number of nitriles is 1. The third-order valence-corrected chi connectivity index (χ3v) is 5.35. The summed E-state index contributed by atoms with van der Waals surface area (Å²) in [6, 6.07) is 15.3. The number of aromatic nitrogens is 2. The molecule has 5 nitrogen and oxygen atoms in total. The van der Waals surface area contributed by atoms with Gasteiger partial charge in [-0.05, 0) is 43.7 Å². The van der Waals surface area contributed by atoms with Crippen molar-refractivity contribution in [1.82, 2.24) is 9.78 Å². The lowest BCUT2D eigenvalue weighted by atomic mass is 9.84. The van der Waals surface area contributed by atoms with Crippen LogP contribution in [-0.2, 0) is 0 Å². The number of hydrogen-bond donors (Lipinski definition) is 1. The van der Waals surface area contributed by atoms with Crippen molar-refractivity contribution in [2.24, 2.45) is 5.73 Å². The first-order valence-corrected chi connectivity index (χ1v) is 9.35. The van der Waals surface area contributed by atoms with Crippen LogP contribution in [0.3, 0.4) is 0 Å². The predicted octanol–water partition coefficient (Wildman–Crippen LogP) is 5.01. The molecule has 1 aliphatic heterocycles. The van der Waals surface area contributed by atoms with Crippen molar-refractivity contribution in [3.05, 3.63) is 86.4 Å². The molecule has 0 bridgehead atoms. The third kappa shape index (κ3) is 2.91. The van der Waals surface area contributed by atoms with Gasteiger partial charge < -0.3 is 10.5 Å². The largest absolute Gasteiger partial charge is 0.422 e. The molecule has 1 aromatic heterocycles. The van der Waals surface area contributed by atoms with E-state index in [0.29, 0.717) is 21.5 Å². The van der Waals surface area contributed by atoms with E-state index in [-0.39, 0.29) is 5.88 Å². The van der Waals surface area contributed by atoms with E-state index in [4.69, 9.17) is 33.7 Å². The second-order valence-corrected chi connectivity index (χ2v) is 7.49. The molecule has 0 saturated heterocycles. The monoisotopic (exact) mass is 410 g/mol. The Morgan fingerprint density at radius 1 is 1.14 bits per heavy atom. The van der Waals surface area contributed by atoms with Crippen molar-refractivity contribution in [1.29, 1.82) is 5.26 Å². The number of rotatable bonds is 2. The van der Waals surface area contributed by atoms with Crippen molar-refractivity contribution in [3.8, 4) is 17.6 Å². The van der Waals surface area contributed by atoms with E-state index in [1.54, 1.807) is 22.9 Å². The Hall–Kier alpha value is -2.94. The maximum absolute atomic E-state index is 9.75. The van der Waals surface area contributed by atoms with E-state index in [1.807, 2.05) is 38.1 Å². The first-order chi connectivity index (χ1) is 13.4. The van der Waals surface area contributed by atoms with Crippen LogP contribution in [-0.4, -0.2) is 9.78 Å². The van der Waals surface area contributed by atoms with Gasteiger partial charge in [-0.1, -0.05) is 47.0 Å². The van der Waals surface area contributed by atoms with E-state index < -0.39 is 5.92 Å². The van der Waals surface area contributed by atoms with Gasteiger partial charge in [0.05, 0.1) is 22.9 Å². The highest BCUT2D eigenvalue weighted by Gasteiger charge is 2.37. The van der Waals surface area contributed by atoms with Crippen LogP contribution >= 0.6 is 23.2 Å². The minimum Gasteiger partial charge on any atom is -0.422 e. The van der Waals surface area contributed by atoms with Gasteiger partial charge in [-0.3, -0.25) is 0 Å². The van der Waals surface area contributed by atoms with Gasteiger partial charge in [-0.25, -0.2) is 4.68 Å². The Labute approximate surface area is 172 Å². The zero-order chi connectivity index (χ0) is 20.0. The average Bonchev–Trinajstić information content (AvgIpc) is 2.98. The molecule has 0 saturated carbocycles. The number of ether oxygens (including phenoxy) is 1. The number of benzene rings is 2. The fourth-order valence-corrected chi connectivity index (χ4v) is 3.94. The fraction of sp³-hybridized carbons (Fsp3) is 0.143. The number of nitrogens with zero attached hydrogens (tertiary/aromatic N) is 3. The van der Waals surface area contributed by atoms with Crippen LogP contribution < -0.4 is 10.5 Å². The van der Waals surface area contributed by atoms with Gasteiger partial charge in [0.2, 0.25) is 11.8 Å². The molecular weight excluding hydrogens is 395 g/mol. The SMILES string of the molecule is Cc1ccc(-n2nc(C)c3c2OC(N)=C(C#N)[C@@H]3c2ccc(Cl)cc2Cl)cc1. The number of allylic oxidation sites excluding steroid dienone is 1. The summed E-state index contributed by atoms with van der Waals surface area (Å²) in [5, 5.41) is 15.4. The molecule has 2 heterocycles. The van der Waals surface area contributed by atoms with Crippen molar-refractivity contribution >= 4 is 23.2 Å². The average molecular weight is 411 g/mol. The zero-order valence-corrected chi connectivity index (χ0v) is 16.7. The third-order valence-electron chi connectivity index (χ3n) is 4.78. The molecule has 0 unspecified atom stereocenters. The first kappa shape index (κ1) is 18.4. The number of fused-ring (bicyclic) bond motifs is 1. The molecule has 4 rings (SSSR count). The van der Waals surface area contributed by atoms with Gasteiger partial charge in [0.1, 0.15) is 11.6 Å². The number of aryl methyl sites for hydroxylation is 2. The highest BCUT2D eigenvalue weighted by molar-refractivity contribution is 6.35. The summed E-state index contributed by atoms with van der Waals surface area (Å²) in [4.78, 5) is 0. The molecule has 0 fully saturated rings. The van der Waals surface area contributed by atoms with Crippen LogP contribution in [0.15, 0.2) is 53.9 Å². The van der Waals surface area contributed by atoms with Gasteiger partial charge in [0.25, 0.3) is 0 Å². The fourth-order valence-electron chi connectivity index (χ4n) is 3.42. The normalized spacial score (nSPS) is 15.8. The van der Waals surface area contributed by atoms with E-state index in [9.17, 15) is 5.26 Å². The van der Waals surface area contributed by atoms with Crippen molar-refractivity contribution in [2.75, 3.05) is 0 Å². The predicted molar refractivity (Wildman–Crippen MR) is 109 cm³/mol. The van der Waals surface area contributed by atoms with Gasteiger partial charge >= 0.3 is 0 Å². The summed E-state index contributed by atoms with van der Waals surface area (Å²) in [5.41, 5.74) is 10.6. The molecule has 0 radical (unpaired) electrons. The van der Waals surface area contributed by atoms with Crippen LogP contribution in [0.1, 0.15) is 28.3 Å². The summed E-state index contributed by atoms with van der Waals surface area (Å²) < 4.78 is 7.55. The molecule has 7 heteroatoms. The van der Waals surface area contributed by atoms with Crippen LogP contribution in [0.25, 0.3) is 5.69 Å². The Bertz CT molecular complexity index is 1160. The number of hydrogen-bond acceptors (Lipinski definition) is 4. The smallest absolute Gasteiger partial charge is 0.229 e. The topological polar surface area (TPSA) is 76.9 Å². The Kier molecular flexibility index (Phi) is 4.54. The summed E-state index contributed by atoms with van der Waals surface area (Å²) in [6.45, 7) is 3.89. The molecule has 140 valence electrons. The van der Waals surface area contributed by atoms with Crippen LogP contribution in [0, 0.1) is 25.2 Å². The van der Waals surface area contributed by atoms with E-state index in [1.165, 1.54) is 0 Å².